The van der Waals surface area contributed by atoms with Gasteiger partial charge in [-0.1, -0.05) is 13.8 Å². The number of carbonyl (C=O) groups is 3. The standard InChI is InChI=1S/C25H32FN3O4/c1-13(2)21-20(24(27)32)15(4)22(28(21)5)23(31)25(33)29(16-6-9-18(30)10-7-16)17-8-11-19(26)14(3)12-17/h8,11-13,16,18,30H,6-7,9-10H2,1-5H3,(H2,27,32). The van der Waals surface area contributed by atoms with Crippen LogP contribution in [0.3, 0.4) is 0 Å². The summed E-state index contributed by atoms with van der Waals surface area (Å²) in [7, 11) is 1.65. The number of amides is 2. The number of primary amides is 1. The highest BCUT2D eigenvalue weighted by Crippen LogP contribution is 2.32. The number of hydrogen-bond acceptors (Lipinski definition) is 4. The largest absolute Gasteiger partial charge is 0.393 e. The molecule has 1 aliphatic carbocycles. The second-order valence-electron chi connectivity index (χ2n) is 9.21. The van der Waals surface area contributed by atoms with Gasteiger partial charge in [0.15, 0.2) is 0 Å². The van der Waals surface area contributed by atoms with Crippen molar-refractivity contribution in [2.24, 2.45) is 12.8 Å². The molecule has 0 spiro atoms. The summed E-state index contributed by atoms with van der Waals surface area (Å²) in [6.07, 6.45) is 1.62. The summed E-state index contributed by atoms with van der Waals surface area (Å²) < 4.78 is 15.5. The zero-order valence-corrected chi connectivity index (χ0v) is 19.8. The Labute approximate surface area is 193 Å². The van der Waals surface area contributed by atoms with Crippen molar-refractivity contribution in [1.29, 1.82) is 0 Å². The van der Waals surface area contributed by atoms with Crippen molar-refractivity contribution in [3.8, 4) is 0 Å². The number of benzene rings is 1. The lowest BCUT2D eigenvalue weighted by Gasteiger charge is -2.35. The minimum atomic E-state index is -0.752. The number of nitrogens with zero attached hydrogens (tertiary/aromatic N) is 2. The number of rotatable bonds is 6. The van der Waals surface area contributed by atoms with Crippen molar-refractivity contribution in [3.05, 3.63) is 52.1 Å². The molecule has 0 saturated heterocycles. The van der Waals surface area contributed by atoms with Crippen LogP contribution in [0.15, 0.2) is 18.2 Å². The number of halogens is 1. The van der Waals surface area contributed by atoms with Gasteiger partial charge in [-0.2, -0.15) is 0 Å². The Morgan fingerprint density at radius 1 is 1.15 bits per heavy atom. The van der Waals surface area contributed by atoms with Crippen LogP contribution < -0.4 is 10.6 Å². The van der Waals surface area contributed by atoms with Gasteiger partial charge in [-0.15, -0.1) is 0 Å². The molecule has 3 N–H and O–H groups in total. The Kier molecular flexibility index (Phi) is 7.07. The highest BCUT2D eigenvalue weighted by molar-refractivity contribution is 6.47. The maximum absolute atomic E-state index is 13.9. The van der Waals surface area contributed by atoms with Gasteiger partial charge in [-0.25, -0.2) is 4.39 Å². The third-order valence-corrected chi connectivity index (χ3v) is 6.56. The molecule has 1 heterocycles. The van der Waals surface area contributed by atoms with Crippen molar-refractivity contribution in [3.63, 3.8) is 0 Å². The van der Waals surface area contributed by atoms with E-state index in [-0.39, 0.29) is 23.2 Å². The minimum Gasteiger partial charge on any atom is -0.393 e. The monoisotopic (exact) mass is 457 g/mol. The molecule has 3 rings (SSSR count). The predicted octanol–water partition coefficient (Wildman–Crippen LogP) is 3.52. The fraction of sp³-hybridized carbons (Fsp3) is 0.480. The molecule has 7 nitrogen and oxygen atoms in total. The first-order valence-corrected chi connectivity index (χ1v) is 11.3. The second-order valence-corrected chi connectivity index (χ2v) is 9.21. The summed E-state index contributed by atoms with van der Waals surface area (Å²) >= 11 is 0. The topological polar surface area (TPSA) is 106 Å². The van der Waals surface area contributed by atoms with Crippen LogP contribution in [0.25, 0.3) is 0 Å². The summed E-state index contributed by atoms with van der Waals surface area (Å²) in [6.45, 7) is 7.00. The number of anilines is 1. The van der Waals surface area contributed by atoms with E-state index >= 15 is 0 Å². The lowest BCUT2D eigenvalue weighted by atomic mass is 9.91. The van der Waals surface area contributed by atoms with Crippen LogP contribution in [0, 0.1) is 19.7 Å². The van der Waals surface area contributed by atoms with E-state index in [0.29, 0.717) is 48.2 Å². The summed E-state index contributed by atoms with van der Waals surface area (Å²) in [5, 5.41) is 9.93. The molecule has 1 saturated carbocycles. The maximum atomic E-state index is 13.9. The van der Waals surface area contributed by atoms with Crippen LogP contribution in [0.2, 0.25) is 0 Å². The number of hydrogen-bond donors (Lipinski definition) is 2. The average Bonchev–Trinajstić information content (AvgIpc) is 3.02. The third-order valence-electron chi connectivity index (χ3n) is 6.56. The molecule has 0 bridgehead atoms. The molecular formula is C25H32FN3O4. The van der Waals surface area contributed by atoms with Crippen LogP contribution in [-0.4, -0.2) is 39.4 Å². The Bertz CT molecular complexity index is 1100. The molecule has 8 heteroatoms. The highest BCUT2D eigenvalue weighted by atomic mass is 19.1. The lowest BCUT2D eigenvalue weighted by Crippen LogP contribution is -2.47. The lowest BCUT2D eigenvalue weighted by molar-refractivity contribution is -0.115. The fourth-order valence-electron chi connectivity index (χ4n) is 4.96. The number of aliphatic hydroxyl groups is 1. The van der Waals surface area contributed by atoms with E-state index in [1.165, 1.54) is 17.0 Å². The van der Waals surface area contributed by atoms with Crippen molar-refractivity contribution < 1.29 is 23.9 Å². The van der Waals surface area contributed by atoms with Gasteiger partial charge in [0.05, 0.1) is 17.4 Å². The van der Waals surface area contributed by atoms with Crippen LogP contribution in [0.5, 0.6) is 0 Å². The number of aryl methyl sites for hydroxylation is 1. The third kappa shape index (κ3) is 4.57. The summed E-state index contributed by atoms with van der Waals surface area (Å²) in [5.41, 5.74) is 7.75. The fourth-order valence-corrected chi connectivity index (χ4v) is 4.96. The van der Waals surface area contributed by atoms with Gasteiger partial charge in [0.1, 0.15) is 5.82 Å². The first-order valence-electron chi connectivity index (χ1n) is 11.3. The van der Waals surface area contributed by atoms with Gasteiger partial charge >= 0.3 is 5.91 Å². The number of aliphatic hydroxyl groups excluding tert-OH is 1. The van der Waals surface area contributed by atoms with E-state index in [4.69, 9.17) is 5.73 Å². The molecule has 33 heavy (non-hydrogen) atoms. The molecule has 0 unspecified atom stereocenters. The van der Waals surface area contributed by atoms with E-state index in [1.807, 2.05) is 13.8 Å². The van der Waals surface area contributed by atoms with Crippen molar-refractivity contribution >= 4 is 23.3 Å². The Hall–Kier alpha value is -3.00. The molecule has 1 aromatic carbocycles. The Morgan fingerprint density at radius 3 is 2.24 bits per heavy atom. The summed E-state index contributed by atoms with van der Waals surface area (Å²) in [6, 6.07) is 4.02. The van der Waals surface area contributed by atoms with Gasteiger partial charge in [-0.05, 0) is 74.8 Å². The van der Waals surface area contributed by atoms with Crippen molar-refractivity contribution in [1.82, 2.24) is 4.57 Å². The maximum Gasteiger partial charge on any atom is 0.301 e. The van der Waals surface area contributed by atoms with E-state index in [9.17, 15) is 23.9 Å². The zero-order chi connectivity index (χ0) is 24.6. The van der Waals surface area contributed by atoms with E-state index in [1.54, 1.807) is 31.5 Å². The number of aromatic nitrogens is 1. The first kappa shape index (κ1) is 24.6. The minimum absolute atomic E-state index is 0.0939. The second kappa shape index (κ2) is 9.47. The molecule has 0 radical (unpaired) electrons. The molecule has 2 amide bonds. The van der Waals surface area contributed by atoms with Gasteiger partial charge in [0.25, 0.3) is 11.7 Å². The Morgan fingerprint density at radius 2 is 1.76 bits per heavy atom. The molecule has 2 aromatic rings. The molecule has 178 valence electrons. The average molecular weight is 458 g/mol. The molecule has 1 fully saturated rings. The number of carbonyl (C=O) groups excluding carboxylic acids is 3. The summed E-state index contributed by atoms with van der Waals surface area (Å²) in [5.74, 6) is -2.65. The van der Waals surface area contributed by atoms with Gasteiger partial charge < -0.3 is 20.3 Å². The SMILES string of the molecule is Cc1cc(N(C(=O)C(=O)c2c(C)c(C(N)=O)c(C(C)C)n2C)C2CCC(O)CC2)ccc1F. The quantitative estimate of drug-likeness (QED) is 0.511. The first-order chi connectivity index (χ1) is 15.5. The van der Waals surface area contributed by atoms with Crippen molar-refractivity contribution in [2.45, 2.75) is 71.4 Å². The smallest absolute Gasteiger partial charge is 0.301 e. The number of ketones is 1. The van der Waals surface area contributed by atoms with Gasteiger partial charge in [0, 0.05) is 24.5 Å². The molecule has 0 aliphatic heterocycles. The molecule has 0 atom stereocenters. The van der Waals surface area contributed by atoms with Crippen LogP contribution in [0.4, 0.5) is 10.1 Å². The Balaban J connectivity index is 2.10. The molecular weight excluding hydrogens is 425 g/mol. The van der Waals surface area contributed by atoms with E-state index < -0.39 is 29.5 Å². The van der Waals surface area contributed by atoms with Gasteiger partial charge in [0.2, 0.25) is 0 Å². The van der Waals surface area contributed by atoms with Crippen molar-refractivity contribution in [2.75, 3.05) is 4.90 Å². The molecule has 1 aliphatic rings. The zero-order valence-electron chi connectivity index (χ0n) is 19.8. The highest BCUT2D eigenvalue weighted by Gasteiger charge is 2.37. The van der Waals surface area contributed by atoms with Crippen LogP contribution in [-0.2, 0) is 11.8 Å². The van der Waals surface area contributed by atoms with Crippen LogP contribution in [0.1, 0.15) is 83.1 Å². The molecule has 1 aromatic heterocycles. The van der Waals surface area contributed by atoms with E-state index in [0.717, 1.165) is 0 Å². The van der Waals surface area contributed by atoms with E-state index in [2.05, 4.69) is 0 Å². The normalized spacial score (nSPS) is 18.4. The number of Topliss-reactive ketones (excluding diaryl/α,β-unsaturated/α-hetero) is 1. The predicted molar refractivity (Wildman–Crippen MR) is 124 cm³/mol. The van der Waals surface area contributed by atoms with Gasteiger partial charge in [-0.3, -0.25) is 14.4 Å². The summed E-state index contributed by atoms with van der Waals surface area (Å²) in [4.78, 5) is 40.8. The van der Waals surface area contributed by atoms with Crippen LogP contribution >= 0.6 is 0 Å². The number of nitrogens with two attached hydrogens (primary N) is 1.